The molecule has 0 saturated heterocycles. The van der Waals surface area contributed by atoms with Crippen molar-refractivity contribution < 1.29 is 18.7 Å². The minimum atomic E-state index is -1.30. The second-order valence-corrected chi connectivity index (χ2v) is 5.17. The van der Waals surface area contributed by atoms with E-state index in [0.29, 0.717) is 17.0 Å². The van der Waals surface area contributed by atoms with Crippen LogP contribution in [0.5, 0.6) is 0 Å². The minimum Gasteiger partial charge on any atom is -0.448 e. The van der Waals surface area contributed by atoms with E-state index in [1.165, 1.54) is 30.7 Å². The average molecular weight is 307 g/mol. The fourth-order valence-corrected chi connectivity index (χ4v) is 1.89. The zero-order chi connectivity index (χ0) is 16.2. The lowest BCUT2D eigenvalue weighted by Gasteiger charge is -2.24. The number of amides is 2. The Balaban J connectivity index is 1.84. The number of carbonyl (C=O) groups excluding carboxylic acids is 1. The summed E-state index contributed by atoms with van der Waals surface area (Å²) in [5.74, 6) is 0.256. The van der Waals surface area contributed by atoms with Gasteiger partial charge in [-0.15, -0.1) is 0 Å². The van der Waals surface area contributed by atoms with Gasteiger partial charge in [-0.2, -0.15) is 0 Å². The van der Waals surface area contributed by atoms with Crippen LogP contribution in [0.2, 0.25) is 0 Å². The van der Waals surface area contributed by atoms with Gasteiger partial charge in [0.1, 0.15) is 22.9 Å². The Kier molecular flexibility index (Phi) is 4.77. The maximum atomic E-state index is 12.9. The number of hydrogen-bond acceptors (Lipinski definition) is 4. The molecule has 0 spiro atoms. The van der Waals surface area contributed by atoms with Crippen LogP contribution >= 0.6 is 0 Å². The molecule has 1 aromatic heterocycles. The van der Waals surface area contributed by atoms with Crippen molar-refractivity contribution in [3.8, 4) is 0 Å². The summed E-state index contributed by atoms with van der Waals surface area (Å²) in [7, 11) is 0. The molecule has 0 saturated carbocycles. The highest BCUT2D eigenvalue weighted by Gasteiger charge is 2.23. The highest BCUT2D eigenvalue weighted by molar-refractivity contribution is 5.73. The Hall–Kier alpha value is -2.41. The molecule has 3 N–H and O–H groups in total. The van der Waals surface area contributed by atoms with Crippen molar-refractivity contribution in [2.75, 3.05) is 6.54 Å². The predicted octanol–water partition coefficient (Wildman–Crippen LogP) is 1.83. The summed E-state index contributed by atoms with van der Waals surface area (Å²) >= 11 is 0. The Labute approximate surface area is 127 Å². The predicted molar refractivity (Wildman–Crippen MR) is 77.4 cm³/mol. The van der Waals surface area contributed by atoms with E-state index in [1.807, 2.05) is 0 Å². The molecule has 118 valence electrons. The van der Waals surface area contributed by atoms with E-state index in [0.717, 1.165) is 0 Å². The van der Waals surface area contributed by atoms with Gasteiger partial charge in [-0.3, -0.25) is 0 Å². The number of carbonyl (C=O) groups is 1. The summed E-state index contributed by atoms with van der Waals surface area (Å²) in [4.78, 5) is 15.7. The number of nitrogens with one attached hydrogen (secondary N) is 2. The number of hydrogen-bond donors (Lipinski definition) is 3. The van der Waals surface area contributed by atoms with Crippen molar-refractivity contribution in [1.82, 2.24) is 15.6 Å². The summed E-state index contributed by atoms with van der Waals surface area (Å²) in [6.45, 7) is 3.51. The fraction of sp³-hybridized carbons (Fsp3) is 0.333. The van der Waals surface area contributed by atoms with Crippen LogP contribution in [0.15, 0.2) is 35.1 Å². The Morgan fingerprint density at radius 2 is 2.05 bits per heavy atom. The highest BCUT2D eigenvalue weighted by atomic mass is 19.1. The number of urea groups is 1. The van der Waals surface area contributed by atoms with Crippen LogP contribution in [0.3, 0.4) is 0 Å². The lowest BCUT2D eigenvalue weighted by molar-refractivity contribution is 0.0593. The van der Waals surface area contributed by atoms with E-state index in [1.54, 1.807) is 13.8 Å². The number of benzene rings is 1. The van der Waals surface area contributed by atoms with E-state index in [-0.39, 0.29) is 18.9 Å². The Bertz CT molecular complexity index is 638. The third-order valence-corrected chi connectivity index (χ3v) is 3.32. The first-order chi connectivity index (χ1) is 10.4. The van der Waals surface area contributed by atoms with E-state index in [9.17, 15) is 14.3 Å². The molecule has 0 fully saturated rings. The molecule has 1 aromatic carbocycles. The Morgan fingerprint density at radius 1 is 1.36 bits per heavy atom. The first-order valence-electron chi connectivity index (χ1n) is 6.77. The quantitative estimate of drug-likeness (QED) is 0.786. The first-order valence-corrected chi connectivity index (χ1v) is 6.77. The first kappa shape index (κ1) is 16.0. The number of aliphatic hydroxyl groups is 1. The van der Waals surface area contributed by atoms with Gasteiger partial charge in [0.15, 0.2) is 6.39 Å². The number of aromatic nitrogens is 1. The van der Waals surface area contributed by atoms with Crippen molar-refractivity contribution in [2.45, 2.75) is 26.0 Å². The maximum absolute atomic E-state index is 12.9. The molecule has 0 aliphatic carbocycles. The molecular formula is C15H18FN3O3. The van der Waals surface area contributed by atoms with E-state index < -0.39 is 11.6 Å². The second kappa shape index (κ2) is 6.57. The lowest BCUT2D eigenvalue weighted by atomic mass is 9.96. The van der Waals surface area contributed by atoms with Gasteiger partial charge >= 0.3 is 6.03 Å². The highest BCUT2D eigenvalue weighted by Crippen LogP contribution is 2.19. The molecule has 1 unspecified atom stereocenters. The number of aryl methyl sites for hydroxylation is 1. The fourth-order valence-electron chi connectivity index (χ4n) is 1.89. The van der Waals surface area contributed by atoms with Crippen LogP contribution in [0.25, 0.3) is 0 Å². The van der Waals surface area contributed by atoms with Crippen LogP contribution in [0.1, 0.15) is 23.9 Å². The van der Waals surface area contributed by atoms with Crippen molar-refractivity contribution in [1.29, 1.82) is 0 Å². The minimum absolute atomic E-state index is 0.0116. The van der Waals surface area contributed by atoms with E-state index in [2.05, 4.69) is 15.6 Å². The topological polar surface area (TPSA) is 87.4 Å². The van der Waals surface area contributed by atoms with Crippen LogP contribution in [-0.4, -0.2) is 22.7 Å². The van der Waals surface area contributed by atoms with Gasteiger partial charge in [-0.1, -0.05) is 12.1 Å². The monoisotopic (exact) mass is 307 g/mol. The molecule has 0 radical (unpaired) electrons. The van der Waals surface area contributed by atoms with Crippen LogP contribution in [-0.2, 0) is 12.1 Å². The number of oxazole rings is 1. The van der Waals surface area contributed by atoms with Crippen LogP contribution < -0.4 is 10.6 Å². The normalized spacial score (nSPS) is 13.5. The summed E-state index contributed by atoms with van der Waals surface area (Å²) in [5, 5.41) is 15.5. The van der Waals surface area contributed by atoms with Gasteiger partial charge in [0.2, 0.25) is 0 Å². The molecule has 0 aliphatic rings. The zero-order valence-corrected chi connectivity index (χ0v) is 12.4. The molecule has 22 heavy (non-hydrogen) atoms. The van der Waals surface area contributed by atoms with Crippen molar-refractivity contribution in [2.24, 2.45) is 0 Å². The summed E-state index contributed by atoms with van der Waals surface area (Å²) in [5.41, 5.74) is -0.142. The second-order valence-electron chi connectivity index (χ2n) is 5.17. The van der Waals surface area contributed by atoms with Crippen LogP contribution in [0.4, 0.5) is 9.18 Å². The third kappa shape index (κ3) is 4.05. The molecular weight excluding hydrogens is 289 g/mol. The Morgan fingerprint density at radius 3 is 2.64 bits per heavy atom. The van der Waals surface area contributed by atoms with Crippen LogP contribution in [0, 0.1) is 12.7 Å². The number of nitrogens with zero attached hydrogens (tertiary/aromatic N) is 1. The molecule has 2 aromatic rings. The smallest absolute Gasteiger partial charge is 0.315 e. The summed E-state index contributed by atoms with van der Waals surface area (Å²) in [6, 6.07) is 5.04. The number of rotatable bonds is 5. The average Bonchev–Trinajstić information content (AvgIpc) is 2.89. The maximum Gasteiger partial charge on any atom is 0.315 e. The zero-order valence-electron chi connectivity index (χ0n) is 12.4. The lowest BCUT2D eigenvalue weighted by Crippen LogP contribution is -2.43. The molecule has 2 amide bonds. The SMILES string of the molecule is Cc1ocnc1CNC(=O)NCC(C)(O)c1ccc(F)cc1. The van der Waals surface area contributed by atoms with Gasteiger partial charge in [0.05, 0.1) is 13.1 Å². The largest absolute Gasteiger partial charge is 0.448 e. The molecule has 2 rings (SSSR count). The molecule has 0 bridgehead atoms. The van der Waals surface area contributed by atoms with Gasteiger partial charge in [0, 0.05) is 0 Å². The van der Waals surface area contributed by atoms with Gasteiger partial charge in [-0.05, 0) is 31.5 Å². The van der Waals surface area contributed by atoms with Gasteiger partial charge in [-0.25, -0.2) is 14.2 Å². The van der Waals surface area contributed by atoms with Gasteiger partial charge in [0.25, 0.3) is 0 Å². The van der Waals surface area contributed by atoms with E-state index in [4.69, 9.17) is 4.42 Å². The van der Waals surface area contributed by atoms with Crippen molar-refractivity contribution in [3.05, 3.63) is 53.5 Å². The summed E-state index contributed by atoms with van der Waals surface area (Å²) < 4.78 is 17.9. The van der Waals surface area contributed by atoms with Gasteiger partial charge < -0.3 is 20.2 Å². The van der Waals surface area contributed by atoms with E-state index >= 15 is 0 Å². The molecule has 6 nitrogen and oxygen atoms in total. The summed E-state index contributed by atoms with van der Waals surface area (Å²) in [6.07, 6.45) is 1.31. The number of halogens is 1. The van der Waals surface area contributed by atoms with Crippen molar-refractivity contribution >= 4 is 6.03 Å². The standard InChI is InChI=1S/C15H18FN3O3/c1-10-13(19-9-22-10)7-17-14(20)18-8-15(2,21)11-3-5-12(16)6-4-11/h3-6,9,21H,7-8H2,1-2H3,(H2,17,18,20). The van der Waals surface area contributed by atoms with Crippen molar-refractivity contribution in [3.63, 3.8) is 0 Å². The molecule has 1 heterocycles. The molecule has 7 heteroatoms. The third-order valence-electron chi connectivity index (χ3n) is 3.32. The molecule has 0 aliphatic heterocycles. The molecule has 1 atom stereocenters.